The van der Waals surface area contributed by atoms with E-state index in [0.29, 0.717) is 22.9 Å². The third kappa shape index (κ3) is 3.22. The molecule has 1 atom stereocenters. The number of aromatic amines is 1. The molecule has 2 heterocycles. The summed E-state index contributed by atoms with van der Waals surface area (Å²) in [5.41, 5.74) is 0.140. The average molecular weight is 366 g/mol. The molecule has 6 nitrogen and oxygen atoms in total. The summed E-state index contributed by atoms with van der Waals surface area (Å²) in [6, 6.07) is 4.81. The van der Waals surface area contributed by atoms with Gasteiger partial charge in [0.25, 0.3) is 5.56 Å². The number of alkyl halides is 3. The lowest BCUT2D eigenvalue weighted by Crippen LogP contribution is -2.17. The Morgan fingerprint density at radius 1 is 1.27 bits per heavy atom. The van der Waals surface area contributed by atoms with E-state index in [-0.39, 0.29) is 24.1 Å². The number of aromatic nitrogens is 4. The summed E-state index contributed by atoms with van der Waals surface area (Å²) >= 11 is 0. The Morgan fingerprint density at radius 2 is 1.92 bits per heavy atom. The number of benzene rings is 1. The van der Waals surface area contributed by atoms with Crippen molar-refractivity contribution in [2.24, 2.45) is 0 Å². The number of aryl methyl sites for hydroxylation is 1. The van der Waals surface area contributed by atoms with E-state index in [1.807, 2.05) is 0 Å². The highest BCUT2D eigenvalue weighted by Gasteiger charge is 2.30. The topological polar surface area (TPSA) is 83.3 Å². The van der Waals surface area contributed by atoms with Crippen molar-refractivity contribution in [1.29, 1.82) is 0 Å². The third-order valence-electron chi connectivity index (χ3n) is 4.19. The van der Waals surface area contributed by atoms with Crippen LogP contribution in [-0.4, -0.2) is 31.3 Å². The molecular formula is C17H17F3N4O2. The lowest BCUT2D eigenvalue weighted by Gasteiger charge is -2.12. The van der Waals surface area contributed by atoms with Crippen LogP contribution in [0, 0.1) is 6.92 Å². The molecular weight excluding hydrogens is 349 g/mol. The Balaban J connectivity index is 2.11. The van der Waals surface area contributed by atoms with Crippen molar-refractivity contribution in [1.82, 2.24) is 19.6 Å². The third-order valence-corrected chi connectivity index (χ3v) is 4.19. The summed E-state index contributed by atoms with van der Waals surface area (Å²) in [7, 11) is 0. The first-order valence-electron chi connectivity index (χ1n) is 7.98. The predicted molar refractivity (Wildman–Crippen MR) is 88.1 cm³/mol. The number of hydrogen-bond acceptors (Lipinski definition) is 4. The van der Waals surface area contributed by atoms with Crippen molar-refractivity contribution < 1.29 is 18.3 Å². The lowest BCUT2D eigenvalue weighted by molar-refractivity contribution is -0.137. The molecule has 0 spiro atoms. The van der Waals surface area contributed by atoms with Gasteiger partial charge in [0.05, 0.1) is 11.3 Å². The Bertz CT molecular complexity index is 990. The molecule has 3 rings (SSSR count). The van der Waals surface area contributed by atoms with Gasteiger partial charge in [-0.05, 0) is 24.6 Å². The lowest BCUT2D eigenvalue weighted by atomic mass is 9.99. The Kier molecular flexibility index (Phi) is 4.57. The number of aliphatic hydroxyl groups excluding tert-OH is 1. The van der Waals surface area contributed by atoms with E-state index in [1.165, 1.54) is 16.6 Å². The fourth-order valence-electron chi connectivity index (χ4n) is 2.87. The number of hydrogen-bond donors (Lipinski definition) is 2. The second-order valence-corrected chi connectivity index (χ2v) is 6.03. The molecule has 0 fully saturated rings. The van der Waals surface area contributed by atoms with Crippen LogP contribution in [0.4, 0.5) is 13.2 Å². The highest BCUT2D eigenvalue weighted by atomic mass is 19.4. The predicted octanol–water partition coefficient (Wildman–Crippen LogP) is 2.43. The molecule has 9 heteroatoms. The molecule has 0 radical (unpaired) electrons. The summed E-state index contributed by atoms with van der Waals surface area (Å²) < 4.78 is 39.6. The van der Waals surface area contributed by atoms with E-state index >= 15 is 0 Å². The molecule has 0 bridgehead atoms. The van der Waals surface area contributed by atoms with Crippen molar-refractivity contribution in [3.05, 3.63) is 63.1 Å². The number of halogens is 3. The van der Waals surface area contributed by atoms with Crippen molar-refractivity contribution in [2.45, 2.75) is 32.4 Å². The first-order valence-corrected chi connectivity index (χ1v) is 7.98. The van der Waals surface area contributed by atoms with Gasteiger partial charge in [-0.3, -0.25) is 4.79 Å². The van der Waals surface area contributed by atoms with Crippen LogP contribution in [0.5, 0.6) is 0 Å². The second-order valence-electron chi connectivity index (χ2n) is 6.03. The van der Waals surface area contributed by atoms with Gasteiger partial charge in [-0.25, -0.2) is 9.50 Å². The van der Waals surface area contributed by atoms with E-state index in [1.54, 1.807) is 13.8 Å². The van der Waals surface area contributed by atoms with Crippen LogP contribution in [0.2, 0.25) is 0 Å². The zero-order valence-electron chi connectivity index (χ0n) is 14.1. The SMILES string of the molecule is Cc1nn2c([C@H](C)c3ccc(C(F)(F)F)cc3)nc(CCO)c2c(=O)[nH]1. The van der Waals surface area contributed by atoms with E-state index in [4.69, 9.17) is 0 Å². The summed E-state index contributed by atoms with van der Waals surface area (Å²) in [4.78, 5) is 19.3. The monoisotopic (exact) mass is 366 g/mol. The highest BCUT2D eigenvalue weighted by Crippen LogP contribution is 2.31. The van der Waals surface area contributed by atoms with Crippen LogP contribution in [0.25, 0.3) is 5.52 Å². The molecule has 0 aliphatic heterocycles. The number of H-pyrrole nitrogens is 1. The standard InChI is InChI=1S/C17H17F3N4O2/c1-9(11-3-5-12(6-4-11)17(18,19)20)15-22-13(7-8-25)14-16(26)21-10(2)23-24(14)15/h3-6,9,25H,7-8H2,1-2H3,(H,21,23,26)/t9-/m1/s1. The first kappa shape index (κ1) is 18.1. The normalized spacial score (nSPS) is 13.3. The first-order chi connectivity index (χ1) is 12.2. The zero-order chi connectivity index (χ0) is 19.1. The maximum absolute atomic E-state index is 12.7. The molecule has 2 N–H and O–H groups in total. The van der Waals surface area contributed by atoms with Crippen LogP contribution >= 0.6 is 0 Å². The summed E-state index contributed by atoms with van der Waals surface area (Å²) in [5, 5.41) is 13.5. The number of imidazole rings is 1. The van der Waals surface area contributed by atoms with Gasteiger partial charge in [0.1, 0.15) is 11.6 Å². The fraction of sp³-hybridized carbons (Fsp3) is 0.353. The van der Waals surface area contributed by atoms with Gasteiger partial charge >= 0.3 is 6.18 Å². The van der Waals surface area contributed by atoms with Crippen LogP contribution in [0.3, 0.4) is 0 Å². The maximum atomic E-state index is 12.7. The molecule has 0 amide bonds. The number of nitrogens with one attached hydrogen (secondary N) is 1. The summed E-state index contributed by atoms with van der Waals surface area (Å²) in [6.45, 7) is 3.21. The van der Waals surface area contributed by atoms with Gasteiger partial charge in [0.2, 0.25) is 0 Å². The van der Waals surface area contributed by atoms with Crippen LogP contribution in [0.1, 0.15) is 41.3 Å². The second kappa shape index (κ2) is 6.56. The Morgan fingerprint density at radius 3 is 2.50 bits per heavy atom. The minimum absolute atomic E-state index is 0.178. The molecule has 1 aromatic carbocycles. The van der Waals surface area contributed by atoms with Gasteiger partial charge in [0, 0.05) is 18.9 Å². The van der Waals surface area contributed by atoms with Crippen molar-refractivity contribution in [3.63, 3.8) is 0 Å². The number of rotatable bonds is 4. The average Bonchev–Trinajstić information content (AvgIpc) is 2.92. The van der Waals surface area contributed by atoms with Crippen LogP contribution in [-0.2, 0) is 12.6 Å². The molecule has 2 aromatic heterocycles. The van der Waals surface area contributed by atoms with E-state index in [9.17, 15) is 23.1 Å². The minimum atomic E-state index is -4.40. The molecule has 0 saturated heterocycles. The van der Waals surface area contributed by atoms with Crippen molar-refractivity contribution in [3.8, 4) is 0 Å². The van der Waals surface area contributed by atoms with Gasteiger partial charge in [-0.1, -0.05) is 19.1 Å². The van der Waals surface area contributed by atoms with Gasteiger partial charge < -0.3 is 10.1 Å². The summed E-state index contributed by atoms with van der Waals surface area (Å²) in [5.74, 6) is 0.416. The van der Waals surface area contributed by atoms with E-state index < -0.39 is 17.7 Å². The van der Waals surface area contributed by atoms with Gasteiger partial charge in [-0.15, -0.1) is 0 Å². The molecule has 3 aromatic rings. The molecule has 0 unspecified atom stereocenters. The Labute approximate surface area is 146 Å². The Hall–Kier alpha value is -2.68. The van der Waals surface area contributed by atoms with E-state index in [2.05, 4.69) is 15.1 Å². The number of nitrogens with zero attached hydrogens (tertiary/aromatic N) is 3. The fourth-order valence-corrected chi connectivity index (χ4v) is 2.87. The number of fused-ring (bicyclic) bond motifs is 1. The smallest absolute Gasteiger partial charge is 0.396 e. The summed E-state index contributed by atoms with van der Waals surface area (Å²) in [6.07, 6.45) is -4.22. The molecule has 0 saturated carbocycles. The van der Waals surface area contributed by atoms with E-state index in [0.717, 1.165) is 12.1 Å². The highest BCUT2D eigenvalue weighted by molar-refractivity contribution is 5.51. The van der Waals surface area contributed by atoms with Gasteiger partial charge in [-0.2, -0.15) is 18.3 Å². The quantitative estimate of drug-likeness (QED) is 0.743. The van der Waals surface area contributed by atoms with Crippen molar-refractivity contribution in [2.75, 3.05) is 6.61 Å². The minimum Gasteiger partial charge on any atom is -0.396 e. The molecule has 138 valence electrons. The van der Waals surface area contributed by atoms with Crippen molar-refractivity contribution >= 4 is 5.52 Å². The molecule has 0 aliphatic rings. The van der Waals surface area contributed by atoms with Crippen LogP contribution in [0.15, 0.2) is 29.1 Å². The van der Waals surface area contributed by atoms with Crippen LogP contribution < -0.4 is 5.56 Å². The zero-order valence-corrected chi connectivity index (χ0v) is 14.1. The van der Waals surface area contributed by atoms with Gasteiger partial charge in [0.15, 0.2) is 5.52 Å². The largest absolute Gasteiger partial charge is 0.416 e. The maximum Gasteiger partial charge on any atom is 0.416 e. The molecule has 0 aliphatic carbocycles. The number of aliphatic hydroxyl groups is 1. The molecule has 26 heavy (non-hydrogen) atoms.